The maximum atomic E-state index is 13.9. The van der Waals surface area contributed by atoms with Crippen LogP contribution in [0.4, 0.5) is 5.82 Å². The fraction of sp³-hybridized carbons (Fsp3) is 0.480. The molecule has 0 saturated carbocycles. The number of imidazole rings is 1. The molecule has 1 aromatic carbocycles. The molecule has 14 heteroatoms. The van der Waals surface area contributed by atoms with Crippen LogP contribution in [0.2, 0.25) is 0 Å². The van der Waals surface area contributed by atoms with Gasteiger partial charge >= 0.3 is 0 Å². The van der Waals surface area contributed by atoms with Gasteiger partial charge in [-0.25, -0.2) is 15.0 Å². The number of nitrogens with zero attached hydrogens (tertiary/aromatic N) is 4. The molecule has 0 unspecified atom stereocenters. The van der Waals surface area contributed by atoms with Crippen molar-refractivity contribution in [1.82, 2.24) is 30.2 Å². The van der Waals surface area contributed by atoms with E-state index in [1.165, 1.54) is 25.0 Å². The fourth-order valence-electron chi connectivity index (χ4n) is 4.93. The molecule has 2 aliphatic heterocycles. The number of rotatable bonds is 8. The minimum absolute atomic E-state index is 0.113. The number of amides is 1. The summed E-state index contributed by atoms with van der Waals surface area (Å²) in [6.45, 7) is 5.53. The van der Waals surface area contributed by atoms with E-state index in [-0.39, 0.29) is 18.1 Å². The third-order valence-corrected chi connectivity index (χ3v) is 8.97. The highest BCUT2D eigenvalue weighted by molar-refractivity contribution is 9.10. The number of hydrogen-bond donors (Lipinski definition) is 4. The Morgan fingerprint density at radius 1 is 1.23 bits per heavy atom. The quantitative estimate of drug-likeness (QED) is 0.291. The Labute approximate surface area is 237 Å². The summed E-state index contributed by atoms with van der Waals surface area (Å²) in [7, 11) is 0. The van der Waals surface area contributed by atoms with Gasteiger partial charge in [-0.05, 0) is 67.8 Å². The lowest BCUT2D eigenvalue weighted by Crippen LogP contribution is -2.53. The molecular weight excluding hydrogens is 590 g/mol. The van der Waals surface area contributed by atoms with E-state index in [2.05, 4.69) is 36.5 Å². The van der Waals surface area contributed by atoms with Crippen molar-refractivity contribution in [2.45, 2.75) is 55.4 Å². The van der Waals surface area contributed by atoms with Crippen LogP contribution in [0.5, 0.6) is 11.5 Å². The third-order valence-electron chi connectivity index (χ3n) is 7.00. The Morgan fingerprint density at radius 2 is 1.92 bits per heavy atom. The second kappa shape index (κ2) is 11.3. The Hall–Kier alpha value is -2.94. The lowest BCUT2D eigenvalue weighted by atomic mass is 9.73. The maximum Gasteiger partial charge on any atom is 0.249 e. The number of fused-ring (bicyclic) bond motifs is 2. The third kappa shape index (κ3) is 5.55. The van der Waals surface area contributed by atoms with E-state index < -0.39 is 23.5 Å². The molecule has 0 bridgehead atoms. The Kier molecular flexibility index (Phi) is 7.99. The molecule has 1 amide bonds. The number of hydrogen-bond acceptors (Lipinski definition) is 11. The molecule has 0 spiro atoms. The zero-order valence-electron chi connectivity index (χ0n) is 21.6. The predicted octanol–water partition coefficient (Wildman–Crippen LogP) is 1.92. The lowest BCUT2D eigenvalue weighted by molar-refractivity contribution is -0.138. The van der Waals surface area contributed by atoms with Crippen molar-refractivity contribution in [3.63, 3.8) is 0 Å². The van der Waals surface area contributed by atoms with Crippen LogP contribution < -0.4 is 25.8 Å². The summed E-state index contributed by atoms with van der Waals surface area (Å²) in [6.07, 6.45) is 1.28. The van der Waals surface area contributed by atoms with Gasteiger partial charge in [0.05, 0.1) is 11.5 Å². The predicted molar refractivity (Wildman–Crippen MR) is 148 cm³/mol. The number of aliphatic hydroxyl groups is 1. The zero-order valence-corrected chi connectivity index (χ0v) is 24.0. The number of ether oxygens (including phenoxy) is 2. The van der Waals surface area contributed by atoms with Crippen LogP contribution in [0.15, 0.2) is 33.0 Å². The summed E-state index contributed by atoms with van der Waals surface area (Å²) in [5.41, 5.74) is 6.33. The molecule has 0 radical (unpaired) electrons. The van der Waals surface area contributed by atoms with Crippen molar-refractivity contribution in [2.24, 2.45) is 5.41 Å². The summed E-state index contributed by atoms with van der Waals surface area (Å²) >= 11 is 5.02. The van der Waals surface area contributed by atoms with Crippen LogP contribution in [-0.2, 0) is 16.1 Å². The standard InChI is InChI=1S/C25H30BrN7O5S/c1-13(31-23(36)14(2)34)20(35)25(3-5-28-6-4-25)11-33-22-19(21(27)29-12-30-22)32-24(33)39-18-10-17-16(9-15(18)26)37-7-8-38-17/h9-10,12-14,28,34H,3-8,11H2,1-2H3,(H,31,36)(H2,27,29,30)/t13-,14+/m1/s1. The number of aliphatic hydroxyl groups excluding tert-OH is 1. The largest absolute Gasteiger partial charge is 0.486 e. The molecule has 2 atom stereocenters. The number of carbonyl (C=O) groups is 2. The van der Waals surface area contributed by atoms with Gasteiger partial charge in [-0.1, -0.05) is 11.8 Å². The summed E-state index contributed by atoms with van der Waals surface area (Å²) in [5.74, 6) is 0.840. The molecule has 5 N–H and O–H groups in total. The van der Waals surface area contributed by atoms with Crippen LogP contribution >= 0.6 is 27.7 Å². The molecule has 3 aromatic rings. The molecule has 5 rings (SSSR count). The number of carbonyl (C=O) groups excluding carboxylic acids is 2. The summed E-state index contributed by atoms with van der Waals surface area (Å²) < 4.78 is 14.2. The second-order valence-corrected chi connectivity index (χ2v) is 11.6. The van der Waals surface area contributed by atoms with Gasteiger partial charge in [0, 0.05) is 15.9 Å². The van der Waals surface area contributed by atoms with Gasteiger partial charge in [0.15, 0.2) is 39.4 Å². The van der Waals surface area contributed by atoms with Crippen molar-refractivity contribution < 1.29 is 24.2 Å². The molecule has 1 fully saturated rings. The van der Waals surface area contributed by atoms with Gasteiger partial charge in [0.25, 0.3) is 0 Å². The molecule has 2 aliphatic rings. The highest BCUT2D eigenvalue weighted by Gasteiger charge is 2.43. The lowest BCUT2D eigenvalue weighted by Gasteiger charge is -2.38. The summed E-state index contributed by atoms with van der Waals surface area (Å²) in [5, 5.41) is 16.2. The van der Waals surface area contributed by atoms with Crippen molar-refractivity contribution in [3.05, 3.63) is 22.9 Å². The van der Waals surface area contributed by atoms with Gasteiger partial charge in [-0.3, -0.25) is 9.59 Å². The van der Waals surface area contributed by atoms with Gasteiger partial charge in [0.1, 0.15) is 25.6 Å². The van der Waals surface area contributed by atoms with E-state index in [1.807, 2.05) is 16.7 Å². The zero-order chi connectivity index (χ0) is 27.7. The number of piperidine rings is 1. The van der Waals surface area contributed by atoms with Crippen LogP contribution in [0.3, 0.4) is 0 Å². The normalized spacial score (nSPS) is 17.9. The van der Waals surface area contributed by atoms with E-state index in [4.69, 9.17) is 20.2 Å². The first kappa shape index (κ1) is 27.6. The number of ketones is 1. The number of nitrogens with two attached hydrogens (primary N) is 1. The number of nitrogens with one attached hydrogen (secondary N) is 2. The van der Waals surface area contributed by atoms with E-state index in [0.29, 0.717) is 67.0 Å². The molecule has 12 nitrogen and oxygen atoms in total. The number of nitrogen functional groups attached to an aromatic ring is 1. The first-order valence-corrected chi connectivity index (χ1v) is 14.3. The average molecular weight is 621 g/mol. The molecule has 1 saturated heterocycles. The number of aromatic nitrogens is 4. The molecule has 208 valence electrons. The smallest absolute Gasteiger partial charge is 0.249 e. The van der Waals surface area contributed by atoms with Gasteiger partial charge in [0.2, 0.25) is 5.91 Å². The van der Waals surface area contributed by atoms with Gasteiger partial charge in [-0.15, -0.1) is 0 Å². The van der Waals surface area contributed by atoms with E-state index in [0.717, 1.165) is 9.37 Å². The minimum Gasteiger partial charge on any atom is -0.486 e. The summed E-state index contributed by atoms with van der Waals surface area (Å²) in [6, 6.07) is 2.96. The Balaban J connectivity index is 1.54. The van der Waals surface area contributed by atoms with Crippen molar-refractivity contribution in [2.75, 3.05) is 32.0 Å². The highest BCUT2D eigenvalue weighted by atomic mass is 79.9. The van der Waals surface area contributed by atoms with Crippen LogP contribution in [0, 0.1) is 5.41 Å². The monoisotopic (exact) mass is 619 g/mol. The molecule has 4 heterocycles. The Morgan fingerprint density at radius 3 is 2.62 bits per heavy atom. The van der Waals surface area contributed by atoms with E-state index >= 15 is 0 Å². The minimum atomic E-state index is -1.21. The number of halogens is 1. The van der Waals surface area contributed by atoms with Crippen LogP contribution in [0.1, 0.15) is 26.7 Å². The highest BCUT2D eigenvalue weighted by Crippen LogP contribution is 2.44. The van der Waals surface area contributed by atoms with Gasteiger partial charge < -0.3 is 35.5 Å². The first-order chi connectivity index (χ1) is 18.7. The molecule has 2 aromatic heterocycles. The van der Waals surface area contributed by atoms with E-state index in [1.54, 1.807) is 6.92 Å². The number of Topliss-reactive ketones (excluding diaryl/α,β-unsaturated/α-hetero) is 1. The maximum absolute atomic E-state index is 13.9. The van der Waals surface area contributed by atoms with Crippen molar-refractivity contribution in [3.8, 4) is 11.5 Å². The molecular formula is C25H30BrN7O5S. The topological polar surface area (TPSA) is 167 Å². The molecule has 39 heavy (non-hydrogen) atoms. The van der Waals surface area contributed by atoms with Crippen LogP contribution in [-0.4, -0.2) is 74.8 Å². The van der Waals surface area contributed by atoms with Crippen LogP contribution in [0.25, 0.3) is 11.2 Å². The van der Waals surface area contributed by atoms with Gasteiger partial charge in [-0.2, -0.15) is 0 Å². The average Bonchev–Trinajstić information content (AvgIpc) is 3.26. The van der Waals surface area contributed by atoms with E-state index in [9.17, 15) is 14.7 Å². The molecule has 0 aliphatic carbocycles. The SMILES string of the molecule is C[C@H](O)C(=O)N[C@H](C)C(=O)C1(Cn2c(Sc3cc4c(cc3Br)OCCO4)nc3c(N)ncnc32)CCNCC1. The fourth-order valence-corrected chi connectivity index (χ4v) is 6.41. The number of benzene rings is 1. The second-order valence-electron chi connectivity index (χ2n) is 9.74. The first-order valence-electron chi connectivity index (χ1n) is 12.7. The summed E-state index contributed by atoms with van der Waals surface area (Å²) in [4.78, 5) is 40.3. The number of anilines is 1. The van der Waals surface area contributed by atoms with Crippen molar-refractivity contribution in [1.29, 1.82) is 0 Å². The Bertz CT molecular complexity index is 1410. The van der Waals surface area contributed by atoms with Crippen molar-refractivity contribution >= 4 is 56.4 Å².